The topological polar surface area (TPSA) is 131 Å². The number of carbonyl (C=O) groups excluding carboxylic acids is 2. The lowest BCUT2D eigenvalue weighted by Crippen LogP contribution is -2.60. The molecule has 3 fully saturated rings. The number of likely N-dealkylation sites (N-methyl/N-ethyl adjacent to an activating group) is 1. The van der Waals surface area contributed by atoms with Gasteiger partial charge in [-0.25, -0.2) is 0 Å². The minimum absolute atomic E-state index is 0.156. The first kappa shape index (κ1) is 43.1. The molecule has 0 saturated carbocycles. The van der Waals surface area contributed by atoms with Gasteiger partial charge in [0.25, 0.3) is 0 Å². The number of Topliss-reactive ketones (excluding diaryl/α,β-unsaturated/α-hetero) is 1. The number of ketones is 1. The number of aliphatic hydroxyl groups excluding tert-OH is 1. The van der Waals surface area contributed by atoms with Gasteiger partial charge >= 0.3 is 5.97 Å². The number of ether oxygens (including phenoxy) is 8. The van der Waals surface area contributed by atoms with E-state index in [0.29, 0.717) is 43.4 Å². The van der Waals surface area contributed by atoms with Gasteiger partial charge < -0.3 is 43.0 Å². The summed E-state index contributed by atoms with van der Waals surface area (Å²) in [6.45, 7) is 23.2. The van der Waals surface area contributed by atoms with E-state index in [-0.39, 0.29) is 36.0 Å². The summed E-state index contributed by atoms with van der Waals surface area (Å²) in [5, 5.41) is 11.8. The van der Waals surface area contributed by atoms with Gasteiger partial charge in [0.05, 0.1) is 29.8 Å². The van der Waals surface area contributed by atoms with Gasteiger partial charge in [-0.15, -0.1) is 0 Å². The lowest BCUT2D eigenvalue weighted by Gasteiger charge is -2.48. The Morgan fingerprint density at radius 2 is 1.60 bits per heavy atom. The molecule has 4 heterocycles. The second-order valence-corrected chi connectivity index (χ2v) is 17.1. The molecule has 4 rings (SSSR count). The largest absolute Gasteiger partial charge is 0.488 e. The van der Waals surface area contributed by atoms with E-state index < -0.39 is 71.6 Å². The van der Waals surface area contributed by atoms with Gasteiger partial charge in [-0.1, -0.05) is 20.8 Å². The van der Waals surface area contributed by atoms with Crippen molar-refractivity contribution in [1.29, 1.82) is 0 Å². The van der Waals surface area contributed by atoms with Gasteiger partial charge in [-0.2, -0.15) is 0 Å². The van der Waals surface area contributed by atoms with E-state index in [1.807, 2.05) is 55.5 Å². The lowest BCUT2D eigenvalue weighted by molar-refractivity contribution is -0.308. The highest BCUT2D eigenvalue weighted by atomic mass is 16.7. The van der Waals surface area contributed by atoms with Gasteiger partial charge in [-0.05, 0) is 88.6 Å². The molecule has 15 atom stereocenters. The van der Waals surface area contributed by atoms with Gasteiger partial charge in [0.1, 0.15) is 29.7 Å². The number of hydrogen-bond acceptors (Lipinski definition) is 12. The number of methoxy groups -OCH3 is 2. The summed E-state index contributed by atoms with van der Waals surface area (Å²) in [5.41, 5.74) is -2.58. The smallest absolute Gasteiger partial charge is 0.311 e. The van der Waals surface area contributed by atoms with E-state index in [4.69, 9.17) is 37.9 Å². The van der Waals surface area contributed by atoms with Crippen molar-refractivity contribution in [3.05, 3.63) is 11.3 Å². The summed E-state index contributed by atoms with van der Waals surface area (Å²) < 4.78 is 51.6. The van der Waals surface area contributed by atoms with Crippen molar-refractivity contribution in [2.24, 2.45) is 17.8 Å². The lowest BCUT2D eigenvalue weighted by atomic mass is 9.78. The number of aliphatic hydroxyl groups is 1. The predicted molar refractivity (Wildman–Crippen MR) is 195 cm³/mol. The second-order valence-electron chi connectivity index (χ2n) is 17.1. The number of allylic oxidation sites excluding steroid dienone is 1. The van der Waals surface area contributed by atoms with Crippen LogP contribution in [0.4, 0.5) is 0 Å². The summed E-state index contributed by atoms with van der Waals surface area (Å²) in [6.07, 6.45) is -2.89. The Morgan fingerprint density at radius 3 is 2.17 bits per heavy atom. The fourth-order valence-corrected chi connectivity index (χ4v) is 9.12. The van der Waals surface area contributed by atoms with Crippen molar-refractivity contribution in [2.75, 3.05) is 21.3 Å². The summed E-state index contributed by atoms with van der Waals surface area (Å²) in [5.74, 6) is -1.83. The van der Waals surface area contributed by atoms with Gasteiger partial charge in [0.2, 0.25) is 0 Å². The molecule has 4 aliphatic heterocycles. The van der Waals surface area contributed by atoms with Crippen LogP contribution in [0.2, 0.25) is 0 Å². The first-order chi connectivity index (χ1) is 24.1. The highest BCUT2D eigenvalue weighted by Crippen LogP contribution is 2.48. The number of nitrogens with zero attached hydrogens (tertiary/aromatic N) is 1. The minimum atomic E-state index is -1.47. The summed E-state index contributed by atoms with van der Waals surface area (Å²) >= 11 is 0. The summed E-state index contributed by atoms with van der Waals surface area (Å²) in [6, 6.07) is -0.0301. The van der Waals surface area contributed by atoms with Crippen LogP contribution in [0.5, 0.6) is 0 Å². The van der Waals surface area contributed by atoms with Crippen LogP contribution in [-0.4, -0.2) is 121 Å². The van der Waals surface area contributed by atoms with Crippen molar-refractivity contribution in [3.63, 3.8) is 0 Å². The molecule has 3 unspecified atom stereocenters. The molecule has 0 aromatic rings. The second kappa shape index (κ2) is 16.6. The van der Waals surface area contributed by atoms with E-state index in [0.717, 1.165) is 0 Å². The predicted octanol–water partition coefficient (Wildman–Crippen LogP) is 5.56. The standard InChI is InChI=1S/C40H69NO11/c1-16-29-40(12,46-15)34(43)25(7)32-22(4)18-39(11,52-32)35(51-37-31(42)28(17-23(5)48-37)41(13)21(2)3)26(8)33(27(9)36(44)49-29)50-30-20-38(10,45-14)19-24(6)47-30/h21-24,26-31,33,35,37,42H,16-20H2,1-15H3/t22?,23-,24+,26+,27-,28+,29-,30?,31-,33+,35-,37?,38+,39-,40-/m1/s1. The molecular weight excluding hydrogens is 670 g/mol. The van der Waals surface area contributed by atoms with E-state index in [1.165, 1.54) is 7.11 Å². The maximum Gasteiger partial charge on any atom is 0.311 e. The number of rotatable bonds is 9. The van der Waals surface area contributed by atoms with E-state index in [1.54, 1.807) is 27.9 Å². The molecular formula is C40H69NO11. The molecule has 12 nitrogen and oxygen atoms in total. The van der Waals surface area contributed by atoms with E-state index in [2.05, 4.69) is 18.7 Å². The molecule has 0 spiro atoms. The van der Waals surface area contributed by atoms with Crippen LogP contribution < -0.4 is 0 Å². The molecule has 0 radical (unpaired) electrons. The molecule has 0 aliphatic carbocycles. The van der Waals surface area contributed by atoms with Crippen LogP contribution in [0.15, 0.2) is 11.3 Å². The van der Waals surface area contributed by atoms with Gasteiger partial charge in [0, 0.05) is 56.6 Å². The van der Waals surface area contributed by atoms with Crippen LogP contribution in [0.3, 0.4) is 0 Å². The minimum Gasteiger partial charge on any atom is -0.488 e. The molecule has 0 aromatic carbocycles. The fraction of sp³-hybridized carbons (Fsp3) is 0.900. The zero-order valence-electron chi connectivity index (χ0n) is 34.5. The number of carbonyl (C=O) groups is 2. The first-order valence-corrected chi connectivity index (χ1v) is 19.4. The Balaban J connectivity index is 1.87. The number of cyclic esters (lactones) is 1. The van der Waals surface area contributed by atoms with Crippen LogP contribution >= 0.6 is 0 Å². The van der Waals surface area contributed by atoms with Crippen molar-refractivity contribution in [2.45, 2.75) is 193 Å². The molecule has 12 heteroatoms. The third kappa shape index (κ3) is 8.59. The van der Waals surface area contributed by atoms with Crippen LogP contribution in [0.1, 0.15) is 115 Å². The molecule has 3 saturated heterocycles. The Labute approximate surface area is 312 Å². The molecule has 1 N–H and O–H groups in total. The average molecular weight is 740 g/mol. The quantitative estimate of drug-likeness (QED) is 0.297. The first-order valence-electron chi connectivity index (χ1n) is 19.4. The van der Waals surface area contributed by atoms with Crippen molar-refractivity contribution < 1.29 is 52.6 Å². The van der Waals surface area contributed by atoms with Crippen LogP contribution in [0, 0.1) is 17.8 Å². The molecule has 4 aliphatic rings. The third-order valence-electron chi connectivity index (χ3n) is 12.5. The normalized spacial score (nSPS) is 45.3. The molecule has 0 aromatic heterocycles. The monoisotopic (exact) mass is 739 g/mol. The number of esters is 1. The SMILES string of the molecule is CC[C@H]1OC(=O)[C@H](C)[C@@H](OC2C[C@@](C)(OC)C[C@H](C)O2)[C@H](C)[C@@H](OC2O[C@H](C)C[C@H](N(C)C(C)C)[C@H]2O)[C@@]2(C)CC(C)C(=C(C)C(=O)[C@]1(C)OC)O2. The molecule has 2 bridgehead atoms. The summed E-state index contributed by atoms with van der Waals surface area (Å²) in [4.78, 5) is 30.8. The zero-order chi connectivity index (χ0) is 39.1. The van der Waals surface area contributed by atoms with E-state index in [9.17, 15) is 14.7 Å². The third-order valence-corrected chi connectivity index (χ3v) is 12.5. The highest BCUT2D eigenvalue weighted by Gasteiger charge is 2.56. The fourth-order valence-electron chi connectivity index (χ4n) is 9.12. The number of hydrogen-bond donors (Lipinski definition) is 1. The Morgan fingerprint density at radius 1 is 0.942 bits per heavy atom. The molecule has 300 valence electrons. The van der Waals surface area contributed by atoms with E-state index >= 15 is 0 Å². The molecule has 52 heavy (non-hydrogen) atoms. The van der Waals surface area contributed by atoms with Gasteiger partial charge in [0.15, 0.2) is 24.0 Å². The Kier molecular flexibility index (Phi) is 13.8. The van der Waals surface area contributed by atoms with Crippen molar-refractivity contribution in [1.82, 2.24) is 4.90 Å². The van der Waals surface area contributed by atoms with Crippen molar-refractivity contribution >= 4 is 11.8 Å². The number of fused-ring (bicyclic) bond motifs is 2. The highest BCUT2D eigenvalue weighted by molar-refractivity contribution is 6.02. The van der Waals surface area contributed by atoms with Crippen molar-refractivity contribution in [3.8, 4) is 0 Å². The molecule has 0 amide bonds. The maximum absolute atomic E-state index is 14.3. The Hall–Kier alpha value is -1.64. The van der Waals surface area contributed by atoms with Crippen LogP contribution in [0.25, 0.3) is 0 Å². The average Bonchev–Trinajstić information content (AvgIpc) is 3.40. The van der Waals surface area contributed by atoms with Gasteiger partial charge in [-0.3, -0.25) is 14.5 Å². The summed E-state index contributed by atoms with van der Waals surface area (Å²) in [7, 11) is 5.15. The maximum atomic E-state index is 14.3. The zero-order valence-corrected chi connectivity index (χ0v) is 34.5. The van der Waals surface area contributed by atoms with Crippen LogP contribution in [-0.2, 0) is 47.5 Å². The Bertz CT molecular complexity index is 1290.